The fourth-order valence-corrected chi connectivity index (χ4v) is 2.28. The average molecular weight is 305 g/mol. The summed E-state index contributed by atoms with van der Waals surface area (Å²) in [6.07, 6.45) is 0. The van der Waals surface area contributed by atoms with Crippen LogP contribution in [0.1, 0.15) is 11.6 Å². The highest BCUT2D eigenvalue weighted by molar-refractivity contribution is 5.88. The molecular weight excluding hydrogens is 286 g/mol. The number of hydrogen-bond donors (Lipinski definition) is 2. The summed E-state index contributed by atoms with van der Waals surface area (Å²) in [7, 11) is 3.29. The third-order valence-corrected chi connectivity index (χ3v) is 3.57. The zero-order valence-corrected chi connectivity index (χ0v) is 12.5. The van der Waals surface area contributed by atoms with Crippen LogP contribution in [-0.2, 0) is 9.59 Å². The van der Waals surface area contributed by atoms with Gasteiger partial charge in [-0.2, -0.15) is 0 Å². The molecule has 0 radical (unpaired) electrons. The molecule has 1 heterocycles. The lowest BCUT2D eigenvalue weighted by Gasteiger charge is -2.39. The number of carboxylic acid groups (broad SMARTS) is 1. The Hall–Kier alpha value is -2.57. The van der Waals surface area contributed by atoms with Gasteiger partial charge in [-0.15, -0.1) is 0 Å². The maximum Gasteiger partial charge on any atom is 0.330 e. The predicted octanol–water partition coefficient (Wildman–Crippen LogP) is 0.542. The molecule has 0 unspecified atom stereocenters. The third-order valence-electron chi connectivity index (χ3n) is 3.57. The Labute approximate surface area is 128 Å². The van der Waals surface area contributed by atoms with E-state index >= 15 is 0 Å². The molecular formula is C15H19N3O4. The molecule has 0 aliphatic carbocycles. The van der Waals surface area contributed by atoms with Gasteiger partial charge in [0.2, 0.25) is 5.91 Å². The van der Waals surface area contributed by atoms with Gasteiger partial charge >= 0.3 is 12.0 Å². The van der Waals surface area contributed by atoms with Crippen molar-refractivity contribution >= 4 is 17.9 Å². The first-order chi connectivity index (χ1) is 10.4. The molecule has 1 saturated heterocycles. The van der Waals surface area contributed by atoms with Crippen LogP contribution < -0.4 is 5.32 Å². The summed E-state index contributed by atoms with van der Waals surface area (Å²) in [5.41, 5.74) is 0.517. The van der Waals surface area contributed by atoms with E-state index in [1.165, 1.54) is 4.90 Å². The first-order valence-corrected chi connectivity index (χ1v) is 6.94. The lowest BCUT2D eigenvalue weighted by molar-refractivity contribution is -0.143. The molecule has 2 N–H and O–H groups in total. The second-order valence-corrected chi connectivity index (χ2v) is 5.47. The van der Waals surface area contributed by atoms with Crippen molar-refractivity contribution in [3.63, 3.8) is 0 Å². The Bertz CT molecular complexity index is 567. The molecule has 7 nitrogen and oxygen atoms in total. The van der Waals surface area contributed by atoms with Crippen molar-refractivity contribution in [1.82, 2.24) is 15.1 Å². The van der Waals surface area contributed by atoms with Gasteiger partial charge < -0.3 is 20.2 Å². The second kappa shape index (κ2) is 6.46. The fourth-order valence-electron chi connectivity index (χ4n) is 2.28. The highest BCUT2D eigenvalue weighted by Gasteiger charge is 2.37. The average Bonchev–Trinajstić information content (AvgIpc) is 2.43. The van der Waals surface area contributed by atoms with Crippen molar-refractivity contribution < 1.29 is 19.5 Å². The van der Waals surface area contributed by atoms with E-state index in [1.54, 1.807) is 49.3 Å². The number of rotatable bonds is 4. The molecule has 1 aromatic carbocycles. The molecule has 0 bridgehead atoms. The van der Waals surface area contributed by atoms with Crippen molar-refractivity contribution in [3.05, 3.63) is 35.9 Å². The van der Waals surface area contributed by atoms with Crippen LogP contribution in [0.4, 0.5) is 4.79 Å². The number of benzene rings is 1. The summed E-state index contributed by atoms with van der Waals surface area (Å²) in [5, 5.41) is 11.8. The summed E-state index contributed by atoms with van der Waals surface area (Å²) in [5.74, 6) is -1.83. The number of aliphatic carboxylic acids is 1. The van der Waals surface area contributed by atoms with Crippen molar-refractivity contribution in [3.8, 4) is 0 Å². The normalized spacial score (nSPS) is 15.6. The van der Waals surface area contributed by atoms with Crippen molar-refractivity contribution in [1.29, 1.82) is 0 Å². The largest absolute Gasteiger partial charge is 0.479 e. The zero-order chi connectivity index (χ0) is 16.3. The van der Waals surface area contributed by atoms with E-state index in [2.05, 4.69) is 5.32 Å². The zero-order valence-electron chi connectivity index (χ0n) is 12.5. The number of nitrogens with one attached hydrogen (secondary N) is 1. The summed E-state index contributed by atoms with van der Waals surface area (Å²) in [6, 6.07) is 7.30. The monoisotopic (exact) mass is 305 g/mol. The summed E-state index contributed by atoms with van der Waals surface area (Å²) in [4.78, 5) is 38.1. The SMILES string of the molecule is CN(C)C(=O)N1CC(C(=O)N[C@H](C(=O)O)c2ccccc2)C1. The Morgan fingerprint density at radius 3 is 2.32 bits per heavy atom. The molecule has 0 aromatic heterocycles. The number of nitrogens with zero attached hydrogens (tertiary/aromatic N) is 2. The molecule has 22 heavy (non-hydrogen) atoms. The van der Waals surface area contributed by atoms with E-state index in [9.17, 15) is 19.5 Å². The quantitative estimate of drug-likeness (QED) is 0.849. The van der Waals surface area contributed by atoms with Gasteiger partial charge in [-0.05, 0) is 5.56 Å². The molecule has 1 aliphatic heterocycles. The molecule has 1 fully saturated rings. The first kappa shape index (κ1) is 15.8. The minimum atomic E-state index is -1.11. The molecule has 1 aliphatic rings. The van der Waals surface area contributed by atoms with Crippen LogP contribution in [0.2, 0.25) is 0 Å². The van der Waals surface area contributed by atoms with E-state index in [1.807, 2.05) is 0 Å². The Balaban J connectivity index is 1.94. The maximum absolute atomic E-state index is 12.1. The summed E-state index contributed by atoms with van der Waals surface area (Å²) in [6.45, 7) is 0.619. The standard InChI is InChI=1S/C15H19N3O4/c1-17(2)15(22)18-8-11(9-18)13(19)16-12(14(20)21)10-6-4-3-5-7-10/h3-7,11-12H,8-9H2,1-2H3,(H,16,19)(H,20,21)/t12-/m0/s1. The van der Waals surface area contributed by atoms with Gasteiger partial charge in [-0.3, -0.25) is 4.79 Å². The topological polar surface area (TPSA) is 90.0 Å². The number of carbonyl (C=O) groups is 3. The third kappa shape index (κ3) is 3.36. The Morgan fingerprint density at radius 2 is 1.82 bits per heavy atom. The van der Waals surface area contributed by atoms with Crippen LogP contribution in [0.25, 0.3) is 0 Å². The molecule has 7 heteroatoms. The summed E-state index contributed by atoms with van der Waals surface area (Å²) >= 11 is 0. The molecule has 118 valence electrons. The molecule has 0 saturated carbocycles. The van der Waals surface area contributed by atoms with E-state index in [-0.39, 0.29) is 17.9 Å². The predicted molar refractivity (Wildman–Crippen MR) is 79.1 cm³/mol. The smallest absolute Gasteiger partial charge is 0.330 e. The van der Waals surface area contributed by atoms with Crippen LogP contribution >= 0.6 is 0 Å². The van der Waals surface area contributed by atoms with E-state index in [0.29, 0.717) is 18.7 Å². The number of urea groups is 1. The number of hydrogen-bond acceptors (Lipinski definition) is 3. The Morgan fingerprint density at radius 1 is 1.23 bits per heavy atom. The Kier molecular flexibility index (Phi) is 4.65. The molecule has 2 rings (SSSR count). The molecule has 0 spiro atoms. The molecule has 3 amide bonds. The van der Waals surface area contributed by atoms with Crippen LogP contribution in [0.3, 0.4) is 0 Å². The minimum absolute atomic E-state index is 0.151. The van der Waals surface area contributed by atoms with Crippen molar-refractivity contribution in [2.24, 2.45) is 5.92 Å². The maximum atomic E-state index is 12.1. The fraction of sp³-hybridized carbons (Fsp3) is 0.400. The number of carboxylic acids is 1. The molecule has 1 atom stereocenters. The van der Waals surface area contributed by atoms with Gasteiger partial charge in [0.25, 0.3) is 0 Å². The van der Waals surface area contributed by atoms with E-state index < -0.39 is 12.0 Å². The van der Waals surface area contributed by atoms with Gasteiger partial charge in [0.1, 0.15) is 0 Å². The van der Waals surface area contributed by atoms with Crippen LogP contribution in [0, 0.1) is 5.92 Å². The lowest BCUT2D eigenvalue weighted by atomic mass is 9.98. The van der Waals surface area contributed by atoms with E-state index in [4.69, 9.17) is 0 Å². The first-order valence-electron chi connectivity index (χ1n) is 6.94. The van der Waals surface area contributed by atoms with Gasteiger partial charge in [0.15, 0.2) is 6.04 Å². The second-order valence-electron chi connectivity index (χ2n) is 5.47. The van der Waals surface area contributed by atoms with Crippen LogP contribution in [-0.4, -0.2) is 60.0 Å². The van der Waals surface area contributed by atoms with Gasteiger partial charge in [-0.25, -0.2) is 9.59 Å². The van der Waals surface area contributed by atoms with Gasteiger partial charge in [0.05, 0.1) is 5.92 Å². The van der Waals surface area contributed by atoms with Crippen molar-refractivity contribution in [2.45, 2.75) is 6.04 Å². The van der Waals surface area contributed by atoms with Crippen LogP contribution in [0.15, 0.2) is 30.3 Å². The summed E-state index contributed by atoms with van der Waals surface area (Å²) < 4.78 is 0. The van der Waals surface area contributed by atoms with Gasteiger partial charge in [0, 0.05) is 27.2 Å². The van der Waals surface area contributed by atoms with Crippen molar-refractivity contribution in [2.75, 3.05) is 27.2 Å². The number of carbonyl (C=O) groups excluding carboxylic acids is 2. The minimum Gasteiger partial charge on any atom is -0.479 e. The number of likely N-dealkylation sites (tertiary alicyclic amines) is 1. The van der Waals surface area contributed by atoms with Gasteiger partial charge in [-0.1, -0.05) is 30.3 Å². The van der Waals surface area contributed by atoms with Crippen LogP contribution in [0.5, 0.6) is 0 Å². The molecule has 1 aromatic rings. The lowest BCUT2D eigenvalue weighted by Crippen LogP contribution is -2.58. The number of amides is 3. The highest BCUT2D eigenvalue weighted by atomic mass is 16.4. The van der Waals surface area contributed by atoms with E-state index in [0.717, 1.165) is 0 Å². The highest BCUT2D eigenvalue weighted by Crippen LogP contribution is 2.19.